The van der Waals surface area contributed by atoms with E-state index in [9.17, 15) is 5.11 Å². The van der Waals surface area contributed by atoms with Gasteiger partial charge in [-0.15, -0.1) is 11.3 Å². The lowest BCUT2D eigenvalue weighted by molar-refractivity contribution is 0.476. The number of nitrogens with one attached hydrogen (secondary N) is 1. The van der Waals surface area contributed by atoms with E-state index in [1.54, 1.807) is 23.5 Å². The van der Waals surface area contributed by atoms with Gasteiger partial charge in [-0.2, -0.15) is 0 Å². The fourth-order valence-corrected chi connectivity index (χ4v) is 3.38. The molecule has 3 aromatic rings. The van der Waals surface area contributed by atoms with Gasteiger partial charge >= 0.3 is 0 Å². The van der Waals surface area contributed by atoms with Crippen molar-refractivity contribution in [2.75, 3.05) is 11.9 Å². The van der Waals surface area contributed by atoms with Crippen LogP contribution < -0.4 is 5.32 Å². The van der Waals surface area contributed by atoms with Crippen molar-refractivity contribution in [1.82, 2.24) is 4.98 Å². The molecule has 0 saturated heterocycles. The first kappa shape index (κ1) is 14.9. The number of phenols is 1. The van der Waals surface area contributed by atoms with Crippen molar-refractivity contribution in [3.05, 3.63) is 42.5 Å². The number of hydrogen-bond acceptors (Lipinski definition) is 4. The van der Waals surface area contributed by atoms with Crippen LogP contribution in [0.4, 0.5) is 5.69 Å². The van der Waals surface area contributed by atoms with Gasteiger partial charge in [0.2, 0.25) is 0 Å². The van der Waals surface area contributed by atoms with Gasteiger partial charge in [-0.05, 0) is 48.9 Å². The topological polar surface area (TPSA) is 45.2 Å². The maximum absolute atomic E-state index is 9.54. The highest BCUT2D eigenvalue weighted by molar-refractivity contribution is 7.21. The fraction of sp³-hybridized carbons (Fsp3) is 0.278. The number of aromatic hydroxyl groups is 1. The van der Waals surface area contributed by atoms with Crippen molar-refractivity contribution in [2.24, 2.45) is 0 Å². The minimum Gasteiger partial charge on any atom is -0.508 e. The first-order valence-electron chi connectivity index (χ1n) is 7.70. The standard InChI is InChI=1S/C18H20N2OS/c1-2-3-4-11-19-14-7-5-13(6-8-14)18-20-16-10-9-15(21)12-17(16)22-18/h5-10,12,19,21H,2-4,11H2,1H3. The fourth-order valence-electron chi connectivity index (χ4n) is 2.38. The molecule has 114 valence electrons. The highest BCUT2D eigenvalue weighted by Crippen LogP contribution is 2.32. The van der Waals surface area contributed by atoms with Crippen LogP contribution >= 0.6 is 11.3 Å². The molecule has 2 aromatic carbocycles. The molecule has 0 unspecified atom stereocenters. The van der Waals surface area contributed by atoms with Gasteiger partial charge in [-0.25, -0.2) is 4.98 Å². The normalized spacial score (nSPS) is 11.0. The number of hydrogen-bond donors (Lipinski definition) is 2. The summed E-state index contributed by atoms with van der Waals surface area (Å²) in [5.41, 5.74) is 3.19. The quantitative estimate of drug-likeness (QED) is 0.609. The second-order valence-electron chi connectivity index (χ2n) is 5.38. The van der Waals surface area contributed by atoms with Gasteiger partial charge in [-0.1, -0.05) is 19.8 Å². The van der Waals surface area contributed by atoms with E-state index in [1.165, 1.54) is 19.3 Å². The van der Waals surface area contributed by atoms with E-state index in [0.717, 1.165) is 33.0 Å². The van der Waals surface area contributed by atoms with Crippen LogP contribution in [0.2, 0.25) is 0 Å². The summed E-state index contributed by atoms with van der Waals surface area (Å²) in [7, 11) is 0. The summed E-state index contributed by atoms with van der Waals surface area (Å²) in [6.07, 6.45) is 3.72. The Kier molecular flexibility index (Phi) is 4.59. The summed E-state index contributed by atoms with van der Waals surface area (Å²) in [6.45, 7) is 3.24. The maximum atomic E-state index is 9.54. The zero-order valence-electron chi connectivity index (χ0n) is 12.7. The first-order valence-corrected chi connectivity index (χ1v) is 8.52. The number of benzene rings is 2. The third kappa shape index (κ3) is 3.39. The van der Waals surface area contributed by atoms with Gasteiger partial charge in [0.15, 0.2) is 0 Å². The molecule has 0 atom stereocenters. The Hall–Kier alpha value is -2.07. The van der Waals surface area contributed by atoms with Gasteiger partial charge < -0.3 is 10.4 Å². The summed E-state index contributed by atoms with van der Waals surface area (Å²) in [5.74, 6) is 0.286. The van der Waals surface area contributed by atoms with E-state index < -0.39 is 0 Å². The van der Waals surface area contributed by atoms with Gasteiger partial charge in [0, 0.05) is 17.8 Å². The predicted molar refractivity (Wildman–Crippen MR) is 94.7 cm³/mol. The summed E-state index contributed by atoms with van der Waals surface area (Å²) >= 11 is 1.60. The van der Waals surface area contributed by atoms with Gasteiger partial charge in [0.1, 0.15) is 10.8 Å². The van der Waals surface area contributed by atoms with E-state index >= 15 is 0 Å². The molecule has 0 amide bonds. The van der Waals surface area contributed by atoms with E-state index in [0.29, 0.717) is 0 Å². The molecule has 0 aliphatic carbocycles. The van der Waals surface area contributed by atoms with Crippen LogP contribution in [-0.4, -0.2) is 16.6 Å². The molecule has 0 fully saturated rings. The lowest BCUT2D eigenvalue weighted by Crippen LogP contribution is -2.00. The molecule has 1 heterocycles. The predicted octanol–water partition coefficient (Wildman–Crippen LogP) is 5.27. The second-order valence-corrected chi connectivity index (χ2v) is 6.41. The van der Waals surface area contributed by atoms with Gasteiger partial charge in [0.05, 0.1) is 10.2 Å². The number of phenolic OH excluding ortho intramolecular Hbond substituents is 1. The Morgan fingerprint density at radius 2 is 1.91 bits per heavy atom. The minimum atomic E-state index is 0.286. The Morgan fingerprint density at radius 3 is 2.68 bits per heavy atom. The molecule has 0 saturated carbocycles. The molecular weight excluding hydrogens is 292 g/mol. The number of rotatable bonds is 6. The number of nitrogens with zero attached hydrogens (tertiary/aromatic N) is 1. The van der Waals surface area contributed by atoms with Crippen molar-refractivity contribution in [1.29, 1.82) is 0 Å². The van der Waals surface area contributed by atoms with Crippen molar-refractivity contribution in [3.63, 3.8) is 0 Å². The van der Waals surface area contributed by atoms with Crippen molar-refractivity contribution in [3.8, 4) is 16.3 Å². The van der Waals surface area contributed by atoms with E-state index in [4.69, 9.17) is 0 Å². The van der Waals surface area contributed by atoms with Crippen LogP contribution in [0.5, 0.6) is 5.75 Å². The van der Waals surface area contributed by atoms with Crippen LogP contribution in [0, 0.1) is 0 Å². The van der Waals surface area contributed by atoms with Crippen LogP contribution in [-0.2, 0) is 0 Å². The van der Waals surface area contributed by atoms with Crippen molar-refractivity contribution in [2.45, 2.75) is 26.2 Å². The smallest absolute Gasteiger partial charge is 0.124 e. The Labute approximate surface area is 134 Å². The van der Waals surface area contributed by atoms with Gasteiger partial charge in [0.25, 0.3) is 0 Å². The monoisotopic (exact) mass is 312 g/mol. The summed E-state index contributed by atoms with van der Waals surface area (Å²) in [5, 5.41) is 14.0. The third-order valence-corrected chi connectivity index (χ3v) is 4.68. The number of aromatic nitrogens is 1. The molecule has 0 aliphatic rings. The van der Waals surface area contributed by atoms with Gasteiger partial charge in [-0.3, -0.25) is 0 Å². The SMILES string of the molecule is CCCCCNc1ccc(-c2nc3ccc(O)cc3s2)cc1. The van der Waals surface area contributed by atoms with E-state index in [-0.39, 0.29) is 5.75 Å². The van der Waals surface area contributed by atoms with Crippen LogP contribution in [0.25, 0.3) is 20.8 Å². The average molecular weight is 312 g/mol. The number of fused-ring (bicyclic) bond motifs is 1. The summed E-state index contributed by atoms with van der Waals surface area (Å²) in [4.78, 5) is 4.63. The maximum Gasteiger partial charge on any atom is 0.124 e. The molecule has 0 radical (unpaired) electrons. The largest absolute Gasteiger partial charge is 0.508 e. The zero-order chi connectivity index (χ0) is 15.4. The lowest BCUT2D eigenvalue weighted by atomic mass is 10.2. The van der Waals surface area contributed by atoms with Crippen molar-refractivity contribution >= 4 is 27.2 Å². The van der Waals surface area contributed by atoms with Crippen LogP contribution in [0.1, 0.15) is 26.2 Å². The third-order valence-electron chi connectivity index (χ3n) is 3.61. The molecule has 1 aromatic heterocycles. The van der Waals surface area contributed by atoms with E-state index in [2.05, 4.69) is 41.5 Å². The Bertz CT molecular complexity index is 749. The molecule has 2 N–H and O–H groups in total. The number of unbranched alkanes of at least 4 members (excludes halogenated alkanes) is 2. The van der Waals surface area contributed by atoms with Crippen molar-refractivity contribution < 1.29 is 5.11 Å². The van der Waals surface area contributed by atoms with Crippen LogP contribution in [0.15, 0.2) is 42.5 Å². The number of anilines is 1. The molecule has 0 spiro atoms. The Balaban J connectivity index is 1.73. The summed E-state index contributed by atoms with van der Waals surface area (Å²) < 4.78 is 1.01. The molecular formula is C18H20N2OS. The molecule has 0 bridgehead atoms. The lowest BCUT2D eigenvalue weighted by Gasteiger charge is -2.06. The summed E-state index contributed by atoms with van der Waals surface area (Å²) in [6, 6.07) is 13.7. The Morgan fingerprint density at radius 1 is 1.09 bits per heavy atom. The first-order chi connectivity index (χ1) is 10.8. The highest BCUT2D eigenvalue weighted by atomic mass is 32.1. The second kappa shape index (κ2) is 6.79. The highest BCUT2D eigenvalue weighted by Gasteiger charge is 2.06. The number of thiazole rings is 1. The molecule has 22 heavy (non-hydrogen) atoms. The minimum absolute atomic E-state index is 0.286. The van der Waals surface area contributed by atoms with Crippen LogP contribution in [0.3, 0.4) is 0 Å². The van der Waals surface area contributed by atoms with E-state index in [1.807, 2.05) is 6.07 Å². The zero-order valence-corrected chi connectivity index (χ0v) is 13.5. The molecule has 3 nitrogen and oxygen atoms in total. The molecule has 4 heteroatoms. The average Bonchev–Trinajstić information content (AvgIpc) is 2.95. The molecule has 0 aliphatic heterocycles. The molecule has 3 rings (SSSR count).